The highest BCUT2D eigenvalue weighted by atomic mass is 16.6. The summed E-state index contributed by atoms with van der Waals surface area (Å²) in [6, 6.07) is 0. The Hall–Kier alpha value is -1.73. The van der Waals surface area contributed by atoms with Crippen LogP contribution < -0.4 is 5.32 Å². The second kappa shape index (κ2) is 8.31. The summed E-state index contributed by atoms with van der Waals surface area (Å²) in [5, 5.41) is 10.4. The van der Waals surface area contributed by atoms with Crippen molar-refractivity contribution in [1.82, 2.24) is 20.5 Å². The smallest absolute Gasteiger partial charge is 0.226 e. The number of aryl methyl sites for hydroxylation is 1. The highest BCUT2D eigenvalue weighted by molar-refractivity contribution is 5.78. The number of ether oxygens (including phenoxy) is 1. The third-order valence-electron chi connectivity index (χ3n) is 5.46. The lowest BCUT2D eigenvalue weighted by Gasteiger charge is -2.39. The van der Waals surface area contributed by atoms with Gasteiger partial charge in [0, 0.05) is 26.2 Å². The summed E-state index contributed by atoms with van der Waals surface area (Å²) in [5.74, 6) is -0.0649. The minimum atomic E-state index is -0.0649. The van der Waals surface area contributed by atoms with Gasteiger partial charge in [0.2, 0.25) is 5.91 Å². The highest BCUT2D eigenvalue weighted by Crippen LogP contribution is 2.38. The molecular formula is C19H30N4O3. The molecule has 144 valence electrons. The molecule has 0 aliphatic carbocycles. The van der Waals surface area contributed by atoms with Crippen molar-refractivity contribution in [2.45, 2.75) is 64.6 Å². The summed E-state index contributed by atoms with van der Waals surface area (Å²) in [7, 11) is 0. The van der Waals surface area contributed by atoms with Crippen LogP contribution in [0.15, 0.2) is 16.3 Å². The number of nitrogens with one attached hydrogen (secondary N) is 1. The molecule has 2 saturated heterocycles. The SMILES string of the molecule is CC(C)=CCN1CCC2(CC[C@H](CNC(=O)Cc3nonc3C)O2)CC1. The zero-order valence-electron chi connectivity index (χ0n) is 16.1. The number of nitrogens with zero attached hydrogens (tertiary/aromatic N) is 3. The van der Waals surface area contributed by atoms with Gasteiger partial charge in [-0.1, -0.05) is 22.0 Å². The van der Waals surface area contributed by atoms with Gasteiger partial charge in [-0.15, -0.1) is 0 Å². The van der Waals surface area contributed by atoms with Gasteiger partial charge in [-0.2, -0.15) is 0 Å². The van der Waals surface area contributed by atoms with Gasteiger partial charge in [0.1, 0.15) is 11.4 Å². The van der Waals surface area contributed by atoms with Crippen molar-refractivity contribution in [3.05, 3.63) is 23.0 Å². The molecule has 7 heteroatoms. The maximum Gasteiger partial charge on any atom is 0.226 e. The quantitative estimate of drug-likeness (QED) is 0.780. The first kappa shape index (κ1) is 19.0. The number of carbonyl (C=O) groups is 1. The molecule has 1 spiro atoms. The predicted octanol–water partition coefficient (Wildman–Crippen LogP) is 2.02. The maximum atomic E-state index is 12.1. The van der Waals surface area contributed by atoms with Crippen LogP contribution in [0.25, 0.3) is 0 Å². The number of hydrogen-bond donors (Lipinski definition) is 1. The summed E-state index contributed by atoms with van der Waals surface area (Å²) in [5.41, 5.74) is 2.64. The molecule has 1 atom stereocenters. The Balaban J connectivity index is 1.39. The van der Waals surface area contributed by atoms with Crippen LogP contribution in [-0.4, -0.2) is 59.0 Å². The molecule has 7 nitrogen and oxygen atoms in total. The van der Waals surface area contributed by atoms with E-state index in [4.69, 9.17) is 4.74 Å². The molecule has 0 unspecified atom stereocenters. The van der Waals surface area contributed by atoms with Crippen molar-refractivity contribution in [3.63, 3.8) is 0 Å². The van der Waals surface area contributed by atoms with E-state index in [0.29, 0.717) is 17.9 Å². The van der Waals surface area contributed by atoms with E-state index < -0.39 is 0 Å². The Morgan fingerprint density at radius 3 is 2.73 bits per heavy atom. The van der Waals surface area contributed by atoms with E-state index in [1.165, 1.54) is 5.57 Å². The lowest BCUT2D eigenvalue weighted by Crippen LogP contribution is -2.45. The molecular weight excluding hydrogens is 332 g/mol. The summed E-state index contributed by atoms with van der Waals surface area (Å²) in [6.45, 7) is 9.84. The fourth-order valence-corrected chi connectivity index (χ4v) is 3.71. The molecule has 1 aromatic heterocycles. The van der Waals surface area contributed by atoms with E-state index >= 15 is 0 Å². The van der Waals surface area contributed by atoms with E-state index in [1.807, 2.05) is 0 Å². The minimum Gasteiger partial charge on any atom is -0.370 e. The lowest BCUT2D eigenvalue weighted by molar-refractivity contribution is -0.122. The van der Waals surface area contributed by atoms with E-state index in [1.54, 1.807) is 6.92 Å². The van der Waals surface area contributed by atoms with Crippen molar-refractivity contribution in [1.29, 1.82) is 0 Å². The molecule has 3 rings (SSSR count). The number of aromatic nitrogens is 2. The van der Waals surface area contributed by atoms with Crippen molar-refractivity contribution >= 4 is 5.91 Å². The Bertz CT molecular complexity index is 643. The van der Waals surface area contributed by atoms with Crippen LogP contribution in [-0.2, 0) is 16.0 Å². The Kier molecular flexibility index (Phi) is 6.09. The molecule has 1 N–H and O–H groups in total. The van der Waals surface area contributed by atoms with Gasteiger partial charge in [0.05, 0.1) is 18.1 Å². The number of amides is 1. The molecule has 0 bridgehead atoms. The van der Waals surface area contributed by atoms with Crippen molar-refractivity contribution in [2.24, 2.45) is 0 Å². The zero-order valence-corrected chi connectivity index (χ0v) is 16.1. The molecule has 0 radical (unpaired) electrons. The first-order valence-corrected chi connectivity index (χ1v) is 9.54. The van der Waals surface area contributed by atoms with Gasteiger partial charge in [-0.3, -0.25) is 9.69 Å². The third-order valence-corrected chi connectivity index (χ3v) is 5.46. The largest absolute Gasteiger partial charge is 0.370 e. The van der Waals surface area contributed by atoms with Gasteiger partial charge in [-0.05, 0) is 46.5 Å². The number of hydrogen-bond acceptors (Lipinski definition) is 6. The second-order valence-electron chi connectivity index (χ2n) is 7.82. The van der Waals surface area contributed by atoms with Crippen molar-refractivity contribution in [2.75, 3.05) is 26.2 Å². The van der Waals surface area contributed by atoms with E-state index in [9.17, 15) is 4.79 Å². The highest BCUT2D eigenvalue weighted by Gasteiger charge is 2.42. The van der Waals surface area contributed by atoms with Crippen LogP contribution in [0.1, 0.15) is 50.9 Å². The number of carbonyl (C=O) groups excluding carboxylic acids is 1. The van der Waals surface area contributed by atoms with Crippen LogP contribution in [0.2, 0.25) is 0 Å². The van der Waals surface area contributed by atoms with Crippen LogP contribution >= 0.6 is 0 Å². The zero-order chi connectivity index (χ0) is 18.6. The molecule has 2 aliphatic heterocycles. The molecule has 2 aliphatic rings. The van der Waals surface area contributed by atoms with E-state index in [-0.39, 0.29) is 24.0 Å². The molecule has 0 aromatic carbocycles. The Morgan fingerprint density at radius 1 is 1.31 bits per heavy atom. The summed E-state index contributed by atoms with van der Waals surface area (Å²) in [4.78, 5) is 14.6. The van der Waals surface area contributed by atoms with Crippen LogP contribution in [0.3, 0.4) is 0 Å². The first-order chi connectivity index (χ1) is 12.5. The van der Waals surface area contributed by atoms with Gasteiger partial charge >= 0.3 is 0 Å². The van der Waals surface area contributed by atoms with Gasteiger partial charge < -0.3 is 10.1 Å². The van der Waals surface area contributed by atoms with Crippen LogP contribution in [0, 0.1) is 6.92 Å². The fourth-order valence-electron chi connectivity index (χ4n) is 3.71. The average Bonchev–Trinajstić information content (AvgIpc) is 3.20. The maximum absolute atomic E-state index is 12.1. The molecule has 2 fully saturated rings. The fraction of sp³-hybridized carbons (Fsp3) is 0.737. The number of likely N-dealkylation sites (tertiary alicyclic amines) is 1. The number of allylic oxidation sites excluding steroid dienone is 1. The van der Waals surface area contributed by atoms with Gasteiger partial charge in [-0.25, -0.2) is 4.63 Å². The third kappa shape index (κ3) is 4.92. The Labute approximate surface area is 155 Å². The standard InChI is InChI=1S/C19H30N4O3/c1-14(2)5-9-23-10-7-19(8-11-23)6-4-16(25-19)13-20-18(24)12-17-15(3)21-26-22-17/h5,16H,4,6-13H2,1-3H3,(H,20,24)/t16-/m1/s1. The molecule has 26 heavy (non-hydrogen) atoms. The molecule has 3 heterocycles. The summed E-state index contributed by atoms with van der Waals surface area (Å²) in [6.07, 6.45) is 6.87. The normalized spacial score (nSPS) is 22.5. The topological polar surface area (TPSA) is 80.5 Å². The van der Waals surface area contributed by atoms with Crippen molar-refractivity contribution in [3.8, 4) is 0 Å². The van der Waals surface area contributed by atoms with Crippen molar-refractivity contribution < 1.29 is 14.2 Å². The minimum absolute atomic E-state index is 0.0174. The van der Waals surface area contributed by atoms with Crippen LogP contribution in [0.4, 0.5) is 0 Å². The molecule has 0 saturated carbocycles. The molecule has 1 amide bonds. The summed E-state index contributed by atoms with van der Waals surface area (Å²) >= 11 is 0. The predicted molar refractivity (Wildman–Crippen MR) is 97.7 cm³/mol. The van der Waals surface area contributed by atoms with Gasteiger partial charge in [0.25, 0.3) is 0 Å². The monoisotopic (exact) mass is 362 g/mol. The average molecular weight is 362 g/mol. The second-order valence-corrected chi connectivity index (χ2v) is 7.82. The van der Waals surface area contributed by atoms with Gasteiger partial charge in [0.15, 0.2) is 0 Å². The first-order valence-electron chi connectivity index (χ1n) is 9.54. The lowest BCUT2D eigenvalue weighted by atomic mass is 9.88. The van der Waals surface area contributed by atoms with E-state index in [0.717, 1.165) is 45.3 Å². The Morgan fingerprint density at radius 2 is 2.08 bits per heavy atom. The van der Waals surface area contributed by atoms with E-state index in [2.05, 4.69) is 45.1 Å². The molecule has 1 aromatic rings. The number of rotatable bonds is 6. The van der Waals surface area contributed by atoms with Crippen LogP contribution in [0.5, 0.6) is 0 Å². The number of piperidine rings is 1. The summed E-state index contributed by atoms with van der Waals surface area (Å²) < 4.78 is 11.0.